The first-order valence-electron chi connectivity index (χ1n) is 7.22. The summed E-state index contributed by atoms with van der Waals surface area (Å²) in [6.45, 7) is 0.275. The molecule has 23 heavy (non-hydrogen) atoms. The van der Waals surface area contributed by atoms with Gasteiger partial charge < -0.3 is 0 Å². The van der Waals surface area contributed by atoms with Crippen LogP contribution < -0.4 is 4.72 Å². The summed E-state index contributed by atoms with van der Waals surface area (Å²) in [6.07, 6.45) is 0. The summed E-state index contributed by atoms with van der Waals surface area (Å²) in [7, 11) is -3.41. The number of rotatable bonds is 5. The summed E-state index contributed by atoms with van der Waals surface area (Å²) in [5.41, 5.74) is 1.67. The van der Waals surface area contributed by atoms with Crippen LogP contribution in [-0.2, 0) is 22.3 Å². The Bertz CT molecular complexity index is 916. The molecule has 1 N–H and O–H groups in total. The third kappa shape index (κ3) is 4.10. The van der Waals surface area contributed by atoms with E-state index in [1.54, 1.807) is 24.3 Å². The summed E-state index contributed by atoms with van der Waals surface area (Å²) in [5.74, 6) is -0.0606. The van der Waals surface area contributed by atoms with E-state index in [-0.39, 0.29) is 12.3 Å². The first kappa shape index (κ1) is 16.0. The molecule has 5 heteroatoms. The van der Waals surface area contributed by atoms with Crippen LogP contribution in [0.3, 0.4) is 0 Å². The molecule has 118 valence electrons. The largest absolute Gasteiger partial charge is 0.216 e. The monoisotopic (exact) mass is 345 g/mol. The van der Waals surface area contributed by atoms with Crippen molar-refractivity contribution >= 4 is 32.4 Å². The number of nitrogens with one attached hydrogen (secondary N) is 1. The van der Waals surface area contributed by atoms with E-state index in [1.165, 1.54) is 0 Å². The molecule has 0 saturated heterocycles. The number of fused-ring (bicyclic) bond motifs is 1. The van der Waals surface area contributed by atoms with Gasteiger partial charge in [0.05, 0.1) is 5.75 Å². The standard InChI is InChI=1S/C18H16ClNO2S/c19-17-10-8-14(9-11-17)13-23(21,22)20-12-16-6-3-5-15-4-1-2-7-18(15)16/h1-11,20H,12-13H2. The van der Waals surface area contributed by atoms with E-state index in [2.05, 4.69) is 4.72 Å². The minimum Gasteiger partial charge on any atom is -0.212 e. The van der Waals surface area contributed by atoms with E-state index in [0.717, 1.165) is 16.3 Å². The zero-order valence-electron chi connectivity index (χ0n) is 12.4. The molecule has 0 amide bonds. The molecule has 0 heterocycles. The molecule has 0 aliphatic rings. The fourth-order valence-electron chi connectivity index (χ4n) is 2.49. The summed E-state index contributed by atoms with van der Waals surface area (Å²) in [5, 5.41) is 2.75. The predicted octanol–water partition coefficient (Wildman–Crippen LogP) is 4.11. The molecule has 0 bridgehead atoms. The minimum atomic E-state index is -3.41. The quantitative estimate of drug-likeness (QED) is 0.756. The maximum Gasteiger partial charge on any atom is 0.216 e. The highest BCUT2D eigenvalue weighted by Gasteiger charge is 2.12. The van der Waals surface area contributed by atoms with Gasteiger partial charge in [0.2, 0.25) is 10.0 Å². The van der Waals surface area contributed by atoms with E-state index < -0.39 is 10.0 Å². The molecule has 3 rings (SSSR count). The van der Waals surface area contributed by atoms with Gasteiger partial charge in [0.15, 0.2) is 0 Å². The minimum absolute atomic E-state index is 0.0606. The van der Waals surface area contributed by atoms with Crippen LogP contribution in [0.15, 0.2) is 66.7 Å². The van der Waals surface area contributed by atoms with Gasteiger partial charge in [0.1, 0.15) is 0 Å². The van der Waals surface area contributed by atoms with E-state index in [0.29, 0.717) is 10.6 Å². The van der Waals surface area contributed by atoms with Crippen LogP contribution in [-0.4, -0.2) is 8.42 Å². The van der Waals surface area contributed by atoms with Gasteiger partial charge in [0.25, 0.3) is 0 Å². The fourth-order valence-corrected chi connectivity index (χ4v) is 3.72. The lowest BCUT2D eigenvalue weighted by Gasteiger charge is -2.09. The molecule has 0 fully saturated rings. The van der Waals surface area contributed by atoms with Crippen LogP contribution in [0, 0.1) is 0 Å². The predicted molar refractivity (Wildman–Crippen MR) is 94.9 cm³/mol. The second-order valence-electron chi connectivity index (χ2n) is 5.34. The number of sulfonamides is 1. The average molecular weight is 346 g/mol. The lowest BCUT2D eigenvalue weighted by molar-refractivity contribution is 0.580. The molecule has 3 nitrogen and oxygen atoms in total. The summed E-state index contributed by atoms with van der Waals surface area (Å²) in [6, 6.07) is 20.6. The fraction of sp³-hybridized carbons (Fsp3) is 0.111. The summed E-state index contributed by atoms with van der Waals surface area (Å²) < 4.78 is 27.2. The Balaban J connectivity index is 1.74. The van der Waals surface area contributed by atoms with Crippen molar-refractivity contribution in [3.05, 3.63) is 82.9 Å². The molecule has 0 atom stereocenters. The molecule has 0 aliphatic heterocycles. The molecule has 0 aromatic heterocycles. The van der Waals surface area contributed by atoms with Crippen molar-refractivity contribution in [2.45, 2.75) is 12.3 Å². The first-order valence-corrected chi connectivity index (χ1v) is 9.25. The van der Waals surface area contributed by atoms with Gasteiger partial charge in [-0.3, -0.25) is 0 Å². The van der Waals surface area contributed by atoms with Gasteiger partial charge in [-0.05, 0) is 34.0 Å². The number of hydrogen-bond donors (Lipinski definition) is 1. The zero-order valence-corrected chi connectivity index (χ0v) is 13.9. The van der Waals surface area contributed by atoms with Crippen LogP contribution in [0.4, 0.5) is 0 Å². The second kappa shape index (κ2) is 6.71. The van der Waals surface area contributed by atoms with Gasteiger partial charge >= 0.3 is 0 Å². The summed E-state index contributed by atoms with van der Waals surface area (Å²) >= 11 is 5.81. The van der Waals surface area contributed by atoms with Gasteiger partial charge in [-0.15, -0.1) is 0 Å². The van der Waals surface area contributed by atoms with Gasteiger partial charge in [-0.1, -0.05) is 66.2 Å². The Morgan fingerprint density at radius 3 is 2.35 bits per heavy atom. The molecule has 3 aromatic rings. The smallest absolute Gasteiger partial charge is 0.212 e. The van der Waals surface area contributed by atoms with Gasteiger partial charge in [-0.25, -0.2) is 13.1 Å². The topological polar surface area (TPSA) is 46.2 Å². The van der Waals surface area contributed by atoms with Crippen molar-refractivity contribution in [3.63, 3.8) is 0 Å². The molecule has 0 unspecified atom stereocenters. The van der Waals surface area contributed by atoms with Gasteiger partial charge in [0, 0.05) is 11.6 Å². The number of halogens is 1. The van der Waals surface area contributed by atoms with Crippen molar-refractivity contribution in [1.29, 1.82) is 0 Å². The highest BCUT2D eigenvalue weighted by molar-refractivity contribution is 7.88. The van der Waals surface area contributed by atoms with Crippen LogP contribution in [0.1, 0.15) is 11.1 Å². The zero-order chi connectivity index (χ0) is 16.3. The van der Waals surface area contributed by atoms with E-state index in [1.807, 2.05) is 42.5 Å². The molecule has 0 spiro atoms. The Hall–Kier alpha value is -1.88. The van der Waals surface area contributed by atoms with Crippen molar-refractivity contribution in [2.24, 2.45) is 0 Å². The van der Waals surface area contributed by atoms with E-state index in [9.17, 15) is 8.42 Å². The van der Waals surface area contributed by atoms with Gasteiger partial charge in [-0.2, -0.15) is 0 Å². The molecule has 3 aromatic carbocycles. The molecule has 0 saturated carbocycles. The maximum atomic E-state index is 12.3. The van der Waals surface area contributed by atoms with Crippen LogP contribution >= 0.6 is 11.6 Å². The van der Waals surface area contributed by atoms with Crippen molar-refractivity contribution in [2.75, 3.05) is 0 Å². The SMILES string of the molecule is O=S(=O)(Cc1ccc(Cl)cc1)NCc1cccc2ccccc12. The molecule has 0 radical (unpaired) electrons. The molecular weight excluding hydrogens is 330 g/mol. The molecule has 0 aliphatic carbocycles. The molecular formula is C18H16ClNO2S. The third-order valence-electron chi connectivity index (χ3n) is 3.63. The lowest BCUT2D eigenvalue weighted by Crippen LogP contribution is -2.24. The normalized spacial score (nSPS) is 11.7. The van der Waals surface area contributed by atoms with Crippen LogP contribution in [0.25, 0.3) is 10.8 Å². The highest BCUT2D eigenvalue weighted by atomic mass is 35.5. The Morgan fingerprint density at radius 2 is 1.57 bits per heavy atom. The average Bonchev–Trinajstić information content (AvgIpc) is 2.55. The van der Waals surface area contributed by atoms with Crippen molar-refractivity contribution in [1.82, 2.24) is 4.72 Å². The third-order valence-corrected chi connectivity index (χ3v) is 5.18. The maximum absolute atomic E-state index is 12.3. The Kier molecular flexibility index (Phi) is 4.66. The summed E-state index contributed by atoms with van der Waals surface area (Å²) in [4.78, 5) is 0. The Labute approximate surface area is 141 Å². The Morgan fingerprint density at radius 1 is 0.870 bits per heavy atom. The highest BCUT2D eigenvalue weighted by Crippen LogP contribution is 2.19. The lowest BCUT2D eigenvalue weighted by atomic mass is 10.1. The van der Waals surface area contributed by atoms with E-state index in [4.69, 9.17) is 11.6 Å². The first-order chi connectivity index (χ1) is 11.0. The van der Waals surface area contributed by atoms with Crippen LogP contribution in [0.2, 0.25) is 5.02 Å². The van der Waals surface area contributed by atoms with Crippen molar-refractivity contribution in [3.8, 4) is 0 Å². The van der Waals surface area contributed by atoms with Crippen LogP contribution in [0.5, 0.6) is 0 Å². The second-order valence-corrected chi connectivity index (χ2v) is 7.59. The number of hydrogen-bond acceptors (Lipinski definition) is 2. The van der Waals surface area contributed by atoms with Crippen molar-refractivity contribution < 1.29 is 8.42 Å². The van der Waals surface area contributed by atoms with E-state index >= 15 is 0 Å². The number of benzene rings is 3.